The highest BCUT2D eigenvalue weighted by molar-refractivity contribution is 7.09. The maximum atomic E-state index is 12.1. The van der Waals surface area contributed by atoms with Crippen molar-refractivity contribution in [1.82, 2.24) is 15.0 Å². The van der Waals surface area contributed by atoms with E-state index in [-0.39, 0.29) is 16.6 Å². The van der Waals surface area contributed by atoms with Gasteiger partial charge in [-0.1, -0.05) is 6.07 Å². The minimum Gasteiger partial charge on any atom is -0.478 e. The molecule has 0 aliphatic carbocycles. The molecule has 23 heavy (non-hydrogen) atoms. The Morgan fingerprint density at radius 1 is 1.35 bits per heavy atom. The number of nitrogens with one attached hydrogen (secondary N) is 2. The zero-order valence-corrected chi connectivity index (χ0v) is 12.8. The van der Waals surface area contributed by atoms with Crippen molar-refractivity contribution in [2.24, 2.45) is 0 Å². The second-order valence-electron chi connectivity index (χ2n) is 5.22. The van der Waals surface area contributed by atoms with E-state index in [1.54, 1.807) is 17.4 Å². The molecule has 0 bridgehead atoms. The molecule has 0 saturated carbocycles. The number of carboxylic acid groups (broad SMARTS) is 1. The van der Waals surface area contributed by atoms with Gasteiger partial charge in [0, 0.05) is 33.4 Å². The van der Waals surface area contributed by atoms with Crippen LogP contribution >= 0.6 is 11.3 Å². The van der Waals surface area contributed by atoms with Gasteiger partial charge in [-0.3, -0.25) is 4.79 Å². The number of aromatic amines is 2. The number of rotatable bonds is 2. The largest absolute Gasteiger partial charge is 0.478 e. The fourth-order valence-corrected chi connectivity index (χ4v) is 3.37. The van der Waals surface area contributed by atoms with Crippen LogP contribution in [0.15, 0.2) is 34.6 Å². The Morgan fingerprint density at radius 2 is 2.17 bits per heavy atom. The summed E-state index contributed by atoms with van der Waals surface area (Å²) in [5.41, 5.74) is 2.33. The first-order valence-electron chi connectivity index (χ1n) is 6.87. The molecule has 0 aliphatic heterocycles. The second-order valence-corrected chi connectivity index (χ2v) is 6.29. The minimum atomic E-state index is -1.07. The minimum absolute atomic E-state index is 0.0858. The van der Waals surface area contributed by atoms with E-state index in [4.69, 9.17) is 0 Å². The standard InChI is InChI=1S/C16H11N3O3S/c1-7-18-12(6-23-7)8-2-3-11-9(4-8)13-10(16(21)22)5-17-14(13)15(20)19-11/h2-6,17H,1H3,(H,19,20)(H,21,22). The molecule has 4 aromatic rings. The Morgan fingerprint density at radius 3 is 2.87 bits per heavy atom. The number of benzene rings is 1. The average molecular weight is 325 g/mol. The Kier molecular flexibility index (Phi) is 2.85. The highest BCUT2D eigenvalue weighted by atomic mass is 32.1. The molecular formula is C16H11N3O3S. The van der Waals surface area contributed by atoms with Gasteiger partial charge in [0.15, 0.2) is 0 Å². The number of aromatic carboxylic acids is 1. The van der Waals surface area contributed by atoms with Crippen molar-refractivity contribution in [3.05, 3.63) is 50.7 Å². The first-order chi connectivity index (χ1) is 11.0. The van der Waals surface area contributed by atoms with Crippen LogP contribution in [0.1, 0.15) is 15.4 Å². The van der Waals surface area contributed by atoms with Crippen LogP contribution in [0.25, 0.3) is 33.1 Å². The number of aryl methyl sites for hydroxylation is 1. The van der Waals surface area contributed by atoms with E-state index in [1.807, 2.05) is 24.4 Å². The summed E-state index contributed by atoms with van der Waals surface area (Å²) in [5.74, 6) is -1.07. The van der Waals surface area contributed by atoms with E-state index in [1.165, 1.54) is 6.20 Å². The first-order valence-corrected chi connectivity index (χ1v) is 7.75. The van der Waals surface area contributed by atoms with Crippen molar-refractivity contribution in [2.75, 3.05) is 0 Å². The average Bonchev–Trinajstić information content (AvgIpc) is 3.14. The SMILES string of the molecule is Cc1nc(-c2ccc3[nH]c(=O)c4[nH]cc(C(=O)O)c4c3c2)cs1. The van der Waals surface area contributed by atoms with Gasteiger partial charge in [0.1, 0.15) is 5.52 Å². The highest BCUT2D eigenvalue weighted by Crippen LogP contribution is 2.29. The molecule has 7 heteroatoms. The van der Waals surface area contributed by atoms with Gasteiger partial charge < -0.3 is 15.1 Å². The lowest BCUT2D eigenvalue weighted by atomic mass is 10.0. The third-order valence-electron chi connectivity index (χ3n) is 3.79. The maximum absolute atomic E-state index is 12.1. The van der Waals surface area contributed by atoms with Gasteiger partial charge in [0.05, 0.1) is 16.3 Å². The van der Waals surface area contributed by atoms with E-state index < -0.39 is 5.97 Å². The number of hydrogen-bond donors (Lipinski definition) is 3. The molecule has 0 radical (unpaired) electrons. The van der Waals surface area contributed by atoms with E-state index >= 15 is 0 Å². The molecule has 1 aromatic carbocycles. The van der Waals surface area contributed by atoms with Crippen LogP contribution in [0.2, 0.25) is 0 Å². The number of fused-ring (bicyclic) bond motifs is 3. The quantitative estimate of drug-likeness (QED) is 0.527. The number of nitrogens with zero attached hydrogens (tertiary/aromatic N) is 1. The van der Waals surface area contributed by atoms with E-state index in [2.05, 4.69) is 15.0 Å². The van der Waals surface area contributed by atoms with Crippen LogP contribution in [-0.2, 0) is 0 Å². The zero-order valence-electron chi connectivity index (χ0n) is 12.0. The summed E-state index contributed by atoms with van der Waals surface area (Å²) in [6, 6.07) is 5.51. The molecule has 3 aromatic heterocycles. The van der Waals surface area contributed by atoms with Crippen molar-refractivity contribution in [1.29, 1.82) is 0 Å². The third kappa shape index (κ3) is 2.05. The molecule has 3 N–H and O–H groups in total. The summed E-state index contributed by atoms with van der Waals surface area (Å²) in [6.45, 7) is 1.93. The lowest BCUT2D eigenvalue weighted by Crippen LogP contribution is -2.07. The van der Waals surface area contributed by atoms with E-state index in [0.29, 0.717) is 16.3 Å². The van der Waals surface area contributed by atoms with E-state index in [9.17, 15) is 14.7 Å². The van der Waals surface area contributed by atoms with Gasteiger partial charge in [-0.25, -0.2) is 9.78 Å². The first kappa shape index (κ1) is 13.7. The highest BCUT2D eigenvalue weighted by Gasteiger charge is 2.17. The number of pyridine rings is 1. The lowest BCUT2D eigenvalue weighted by molar-refractivity contribution is 0.0699. The van der Waals surface area contributed by atoms with Crippen LogP contribution in [0.3, 0.4) is 0 Å². The molecule has 0 spiro atoms. The van der Waals surface area contributed by atoms with Crippen LogP contribution < -0.4 is 5.56 Å². The molecule has 0 amide bonds. The van der Waals surface area contributed by atoms with Crippen molar-refractivity contribution in [3.63, 3.8) is 0 Å². The van der Waals surface area contributed by atoms with Gasteiger partial charge in [0.25, 0.3) is 5.56 Å². The van der Waals surface area contributed by atoms with Crippen molar-refractivity contribution >= 4 is 39.1 Å². The van der Waals surface area contributed by atoms with Crippen molar-refractivity contribution < 1.29 is 9.90 Å². The summed E-state index contributed by atoms with van der Waals surface area (Å²) in [7, 11) is 0. The van der Waals surface area contributed by atoms with Crippen molar-refractivity contribution in [3.8, 4) is 11.3 Å². The Labute approximate surface area is 133 Å². The van der Waals surface area contributed by atoms with Gasteiger partial charge in [-0.2, -0.15) is 0 Å². The number of thiazole rings is 1. The van der Waals surface area contributed by atoms with Gasteiger partial charge >= 0.3 is 5.97 Å². The van der Waals surface area contributed by atoms with Gasteiger partial charge in [-0.15, -0.1) is 11.3 Å². The van der Waals surface area contributed by atoms with Crippen LogP contribution in [0.5, 0.6) is 0 Å². The van der Waals surface area contributed by atoms with Crippen LogP contribution in [-0.4, -0.2) is 26.0 Å². The summed E-state index contributed by atoms with van der Waals surface area (Å²) in [5, 5.41) is 13.4. The molecule has 114 valence electrons. The molecular weight excluding hydrogens is 314 g/mol. The second kappa shape index (κ2) is 4.79. The third-order valence-corrected chi connectivity index (χ3v) is 4.56. The molecule has 0 unspecified atom stereocenters. The Bertz CT molecular complexity index is 1140. The van der Waals surface area contributed by atoms with Crippen molar-refractivity contribution in [2.45, 2.75) is 6.92 Å². The van der Waals surface area contributed by atoms with Crippen LogP contribution in [0, 0.1) is 6.92 Å². The summed E-state index contributed by atoms with van der Waals surface area (Å²) < 4.78 is 0. The fourth-order valence-electron chi connectivity index (χ4n) is 2.75. The Balaban J connectivity index is 2.12. The molecule has 0 fully saturated rings. The molecule has 0 atom stereocenters. The zero-order chi connectivity index (χ0) is 16.1. The normalized spacial score (nSPS) is 11.3. The Hall–Kier alpha value is -2.93. The number of carbonyl (C=O) groups is 1. The maximum Gasteiger partial charge on any atom is 0.337 e. The molecule has 4 rings (SSSR count). The summed E-state index contributed by atoms with van der Waals surface area (Å²) in [4.78, 5) is 33.5. The topological polar surface area (TPSA) is 98.8 Å². The molecule has 3 heterocycles. The van der Waals surface area contributed by atoms with E-state index in [0.717, 1.165) is 16.3 Å². The number of H-pyrrole nitrogens is 2. The summed E-state index contributed by atoms with van der Waals surface area (Å²) >= 11 is 1.55. The van der Waals surface area contributed by atoms with Gasteiger partial charge in [-0.05, 0) is 19.1 Å². The predicted molar refractivity (Wildman–Crippen MR) is 89.2 cm³/mol. The fraction of sp³-hybridized carbons (Fsp3) is 0.0625. The smallest absolute Gasteiger partial charge is 0.337 e. The van der Waals surface area contributed by atoms with Gasteiger partial charge in [0.2, 0.25) is 0 Å². The summed E-state index contributed by atoms with van der Waals surface area (Å²) in [6.07, 6.45) is 1.35. The molecule has 6 nitrogen and oxygen atoms in total. The molecule has 0 saturated heterocycles. The van der Waals surface area contributed by atoms with Crippen LogP contribution in [0.4, 0.5) is 0 Å². The number of aromatic nitrogens is 3. The predicted octanol–water partition coefficient (Wildman–Crippen LogP) is 3.14. The number of hydrogen-bond acceptors (Lipinski definition) is 4. The monoisotopic (exact) mass is 325 g/mol. The lowest BCUT2D eigenvalue weighted by Gasteiger charge is -2.04. The number of carboxylic acids is 1. The molecule has 0 aliphatic rings.